The van der Waals surface area contributed by atoms with Gasteiger partial charge in [-0.3, -0.25) is 14.6 Å². The molecule has 1 aromatic carbocycles. The Hall–Kier alpha value is -3.11. The Morgan fingerprint density at radius 2 is 1.81 bits per heavy atom. The molecule has 1 saturated heterocycles. The van der Waals surface area contributed by atoms with E-state index in [0.29, 0.717) is 6.04 Å². The van der Waals surface area contributed by atoms with Gasteiger partial charge in [-0.2, -0.15) is 5.10 Å². The maximum atomic E-state index is 12.5. The second-order valence-corrected chi connectivity index (χ2v) is 7.22. The van der Waals surface area contributed by atoms with Gasteiger partial charge in [0.05, 0.1) is 25.8 Å². The smallest absolute Gasteiger partial charge is 0.324 e. The predicted octanol–water partition coefficient (Wildman–Crippen LogP) is 4.60. The molecule has 1 aliphatic rings. The Bertz CT molecular complexity index is 807. The van der Waals surface area contributed by atoms with Crippen molar-refractivity contribution in [3.8, 4) is 0 Å². The van der Waals surface area contributed by atoms with Crippen molar-refractivity contribution < 1.29 is 19.1 Å². The third-order valence-electron chi connectivity index (χ3n) is 4.95. The molecule has 2 rings (SSSR count). The van der Waals surface area contributed by atoms with Crippen LogP contribution in [0.3, 0.4) is 0 Å². The number of hydrogen-bond donors (Lipinski definition) is 0. The summed E-state index contributed by atoms with van der Waals surface area (Å²) in [5.41, 5.74) is 2.93. The van der Waals surface area contributed by atoms with Gasteiger partial charge in [-0.1, -0.05) is 36.4 Å². The van der Waals surface area contributed by atoms with Crippen molar-refractivity contribution in [2.24, 2.45) is 10.5 Å². The molecule has 1 unspecified atom stereocenters. The molecule has 166 valence electrons. The first-order valence-corrected chi connectivity index (χ1v) is 10.8. The van der Waals surface area contributed by atoms with Crippen LogP contribution in [-0.2, 0) is 19.1 Å². The van der Waals surface area contributed by atoms with E-state index in [-0.39, 0.29) is 26.1 Å². The number of hydrazone groups is 1. The van der Waals surface area contributed by atoms with Crippen LogP contribution in [-0.4, -0.2) is 42.9 Å². The summed E-state index contributed by atoms with van der Waals surface area (Å²) in [7, 11) is 0. The number of carbonyl (C=O) groups is 2. The Balaban J connectivity index is 1.86. The van der Waals surface area contributed by atoms with E-state index < -0.39 is 17.4 Å². The van der Waals surface area contributed by atoms with Crippen LogP contribution in [0.15, 0.2) is 66.0 Å². The number of ether oxygens (including phenoxy) is 2. The standard InChI is InChI=1S/C25H32N2O4/c1-4-17-25(23(28)30-5-2,24(29)31-6-3)18-13-8-7-9-14-19-26-27-20-22(27)21-15-11-10-12-16-21/h4,7,10-13,15-16,19,22H,1,5-6,9,14,17-18,20H2,2-3H3/b26-19+. The third-order valence-corrected chi connectivity index (χ3v) is 4.95. The van der Waals surface area contributed by atoms with Gasteiger partial charge < -0.3 is 9.47 Å². The largest absolute Gasteiger partial charge is 0.465 e. The van der Waals surface area contributed by atoms with E-state index in [1.54, 1.807) is 19.9 Å². The Morgan fingerprint density at radius 3 is 2.42 bits per heavy atom. The van der Waals surface area contributed by atoms with E-state index in [0.717, 1.165) is 19.4 Å². The summed E-state index contributed by atoms with van der Waals surface area (Å²) in [6.45, 7) is 8.42. The highest BCUT2D eigenvalue weighted by atomic mass is 16.6. The van der Waals surface area contributed by atoms with Gasteiger partial charge in [0, 0.05) is 6.21 Å². The minimum absolute atomic E-state index is 0.147. The monoisotopic (exact) mass is 424 g/mol. The highest BCUT2D eigenvalue weighted by Gasteiger charge is 2.47. The van der Waals surface area contributed by atoms with E-state index in [4.69, 9.17) is 9.47 Å². The van der Waals surface area contributed by atoms with E-state index in [1.807, 2.05) is 30.5 Å². The number of nitrogens with zero attached hydrogens (tertiary/aromatic N) is 2. The lowest BCUT2D eigenvalue weighted by atomic mass is 9.81. The Kier molecular flexibility index (Phi) is 9.79. The maximum Gasteiger partial charge on any atom is 0.324 e. The minimum Gasteiger partial charge on any atom is -0.465 e. The van der Waals surface area contributed by atoms with Gasteiger partial charge in [-0.15, -0.1) is 12.3 Å². The maximum absolute atomic E-state index is 12.5. The van der Waals surface area contributed by atoms with Crippen molar-refractivity contribution in [3.05, 3.63) is 66.4 Å². The van der Waals surface area contributed by atoms with Crippen LogP contribution in [0.25, 0.3) is 0 Å². The molecule has 1 aromatic rings. The SMILES string of the molecule is C=CCC(CC=C=CCC/C=N/N1CC1c1ccccc1)(C(=O)OCC)C(=O)OCC. The van der Waals surface area contributed by atoms with Crippen LogP contribution in [0.4, 0.5) is 0 Å². The number of benzene rings is 1. The van der Waals surface area contributed by atoms with Crippen molar-refractivity contribution in [1.82, 2.24) is 5.01 Å². The number of unbranched alkanes of at least 4 members (excludes halogenated alkanes) is 1. The molecule has 0 aromatic heterocycles. The summed E-state index contributed by atoms with van der Waals surface area (Å²) < 4.78 is 10.3. The van der Waals surface area contributed by atoms with Gasteiger partial charge in [0.2, 0.25) is 0 Å². The summed E-state index contributed by atoms with van der Waals surface area (Å²) in [6, 6.07) is 10.7. The molecular weight excluding hydrogens is 392 g/mol. The number of rotatable bonds is 13. The molecule has 31 heavy (non-hydrogen) atoms. The van der Waals surface area contributed by atoms with Crippen molar-refractivity contribution >= 4 is 18.2 Å². The fraction of sp³-hybridized carbons (Fsp3) is 0.440. The molecule has 1 heterocycles. The highest BCUT2D eigenvalue weighted by molar-refractivity contribution is 6.00. The Labute approximate surface area is 184 Å². The lowest BCUT2D eigenvalue weighted by Crippen LogP contribution is -2.41. The third kappa shape index (κ3) is 6.97. The molecule has 0 saturated carbocycles. The summed E-state index contributed by atoms with van der Waals surface area (Å²) in [5.74, 6) is -1.19. The minimum atomic E-state index is -1.41. The molecule has 0 amide bonds. The first kappa shape index (κ1) is 24.2. The second kappa shape index (κ2) is 12.6. The molecule has 1 fully saturated rings. The molecule has 1 atom stereocenters. The molecule has 0 aliphatic carbocycles. The van der Waals surface area contributed by atoms with Crippen LogP contribution in [0, 0.1) is 5.41 Å². The van der Waals surface area contributed by atoms with E-state index in [9.17, 15) is 9.59 Å². The van der Waals surface area contributed by atoms with E-state index in [1.165, 1.54) is 11.6 Å². The Morgan fingerprint density at radius 1 is 1.13 bits per heavy atom. The molecule has 6 heteroatoms. The van der Waals surface area contributed by atoms with Gasteiger partial charge in [-0.25, -0.2) is 0 Å². The van der Waals surface area contributed by atoms with Crippen LogP contribution >= 0.6 is 0 Å². The van der Waals surface area contributed by atoms with Gasteiger partial charge in [0.15, 0.2) is 5.41 Å². The van der Waals surface area contributed by atoms with E-state index in [2.05, 4.69) is 34.6 Å². The molecule has 0 N–H and O–H groups in total. The zero-order valence-electron chi connectivity index (χ0n) is 18.5. The molecule has 0 bridgehead atoms. The molecular formula is C25H32N2O4. The van der Waals surface area contributed by atoms with Crippen LogP contribution in [0.1, 0.15) is 51.1 Å². The summed E-state index contributed by atoms with van der Waals surface area (Å²) in [4.78, 5) is 25.0. The first-order valence-electron chi connectivity index (χ1n) is 10.8. The fourth-order valence-electron chi connectivity index (χ4n) is 3.22. The number of hydrogen-bond acceptors (Lipinski definition) is 6. The second-order valence-electron chi connectivity index (χ2n) is 7.22. The molecule has 1 aliphatic heterocycles. The summed E-state index contributed by atoms with van der Waals surface area (Å²) >= 11 is 0. The van der Waals surface area contributed by atoms with Crippen LogP contribution in [0.5, 0.6) is 0 Å². The normalized spacial score (nSPS) is 15.2. The van der Waals surface area contributed by atoms with Crippen molar-refractivity contribution in [1.29, 1.82) is 0 Å². The molecule has 0 radical (unpaired) electrons. The lowest BCUT2D eigenvalue weighted by Gasteiger charge is -2.26. The zero-order valence-corrected chi connectivity index (χ0v) is 18.5. The van der Waals surface area contributed by atoms with Gasteiger partial charge >= 0.3 is 11.9 Å². The average Bonchev–Trinajstić information content (AvgIpc) is 3.55. The zero-order chi connectivity index (χ0) is 22.5. The average molecular weight is 425 g/mol. The van der Waals surface area contributed by atoms with Gasteiger partial charge in [0.25, 0.3) is 0 Å². The predicted molar refractivity (Wildman–Crippen MR) is 121 cm³/mol. The topological polar surface area (TPSA) is 68.0 Å². The van der Waals surface area contributed by atoms with E-state index >= 15 is 0 Å². The molecule has 6 nitrogen and oxygen atoms in total. The number of esters is 2. The van der Waals surface area contributed by atoms with Crippen LogP contribution in [0.2, 0.25) is 0 Å². The lowest BCUT2D eigenvalue weighted by molar-refractivity contribution is -0.171. The number of allylic oxidation sites excluding steroid dienone is 2. The molecule has 0 spiro atoms. The van der Waals surface area contributed by atoms with Crippen molar-refractivity contribution in [2.75, 3.05) is 19.8 Å². The van der Waals surface area contributed by atoms with Gasteiger partial charge in [-0.05, 0) is 57.2 Å². The quantitative estimate of drug-likeness (QED) is 0.0880. The van der Waals surface area contributed by atoms with Crippen molar-refractivity contribution in [3.63, 3.8) is 0 Å². The highest BCUT2D eigenvalue weighted by Crippen LogP contribution is 2.34. The van der Waals surface area contributed by atoms with Crippen LogP contribution < -0.4 is 0 Å². The summed E-state index contributed by atoms with van der Waals surface area (Å²) in [5, 5.41) is 6.53. The fourth-order valence-corrected chi connectivity index (χ4v) is 3.22. The van der Waals surface area contributed by atoms with Gasteiger partial charge in [0.1, 0.15) is 0 Å². The summed E-state index contributed by atoms with van der Waals surface area (Å²) in [6.07, 6.45) is 8.84. The first-order chi connectivity index (χ1) is 15.1. The number of carbonyl (C=O) groups excluding carboxylic acids is 2. The van der Waals surface area contributed by atoms with Crippen molar-refractivity contribution in [2.45, 2.75) is 45.6 Å².